The molecule has 0 unspecified atom stereocenters. The van der Waals surface area contributed by atoms with Gasteiger partial charge < -0.3 is 19.7 Å². The Morgan fingerprint density at radius 3 is 2.38 bits per heavy atom. The number of carboxylic acid groups (broad SMARTS) is 1. The number of aromatic carboxylic acids is 1. The average Bonchev–Trinajstić information content (AvgIpc) is 3.67. The van der Waals surface area contributed by atoms with Crippen LogP contribution in [0.15, 0.2) is 78.9 Å². The van der Waals surface area contributed by atoms with Crippen LogP contribution in [0.4, 0.5) is 4.39 Å². The summed E-state index contributed by atoms with van der Waals surface area (Å²) >= 11 is 6.11. The lowest BCUT2D eigenvalue weighted by Gasteiger charge is -2.17. The van der Waals surface area contributed by atoms with Gasteiger partial charge in [-0.05, 0) is 98.0 Å². The van der Waals surface area contributed by atoms with Crippen LogP contribution >= 0.6 is 11.6 Å². The highest BCUT2D eigenvalue weighted by atomic mass is 35.5. The second-order valence-electron chi connectivity index (χ2n) is 11.7. The summed E-state index contributed by atoms with van der Waals surface area (Å²) in [6.07, 6.45) is 4.05. The molecule has 1 saturated carbocycles. The van der Waals surface area contributed by atoms with Crippen LogP contribution in [0.25, 0.3) is 33.5 Å². The molecule has 2 N–H and O–H groups in total. The van der Waals surface area contributed by atoms with Crippen molar-refractivity contribution in [2.75, 3.05) is 0 Å². The number of nitrogens with one attached hydrogen (secondary N) is 1. The van der Waals surface area contributed by atoms with Gasteiger partial charge in [0.15, 0.2) is 0 Å². The molecule has 45 heavy (non-hydrogen) atoms. The number of carbonyl (C=O) groups is 2. The minimum Gasteiger partial charge on any atom is -0.489 e. The minimum absolute atomic E-state index is 0.0179. The molecule has 1 aromatic heterocycles. The molecule has 1 fully saturated rings. The molecular weight excluding hydrogens is 593 g/mol. The molecule has 6 rings (SSSR count). The molecule has 1 aliphatic carbocycles. The predicted octanol–water partition coefficient (Wildman–Crippen LogP) is 8.69. The standard InChI is InChI=1S/C36H33ClFN3O4/c1-21(2)39-35(42)23-9-14-29(22-7-11-26(37)12-8-22)25(17-23)20-45-28-13-15-30(31(38)19-28)34-40-32-18-24(36(43)44)10-16-33(32)41(34)27-5-3-4-6-27/h7-19,21,27H,3-6,20H2,1-2H3,(H,39,42)(H,43,44). The van der Waals surface area contributed by atoms with Gasteiger partial charge in [0.1, 0.15) is 24.0 Å². The summed E-state index contributed by atoms with van der Waals surface area (Å²) in [5.74, 6) is -0.926. The number of aromatic nitrogens is 2. The van der Waals surface area contributed by atoms with Gasteiger partial charge in [-0.3, -0.25) is 4.79 Å². The molecular formula is C36H33ClFN3O4. The minimum atomic E-state index is -1.04. The third-order valence-electron chi connectivity index (χ3n) is 8.14. The summed E-state index contributed by atoms with van der Waals surface area (Å²) in [5.41, 5.74) is 4.80. The van der Waals surface area contributed by atoms with Crippen LogP contribution in [-0.4, -0.2) is 32.6 Å². The second-order valence-corrected chi connectivity index (χ2v) is 12.1. The van der Waals surface area contributed by atoms with E-state index in [1.165, 1.54) is 12.1 Å². The number of ether oxygens (including phenoxy) is 1. The summed E-state index contributed by atoms with van der Waals surface area (Å²) in [5, 5.41) is 13.0. The van der Waals surface area contributed by atoms with Crippen LogP contribution in [0.3, 0.4) is 0 Å². The van der Waals surface area contributed by atoms with Crippen molar-refractivity contribution in [2.24, 2.45) is 0 Å². The van der Waals surface area contributed by atoms with Crippen molar-refractivity contribution in [2.45, 2.75) is 58.2 Å². The highest BCUT2D eigenvalue weighted by Crippen LogP contribution is 2.38. The molecule has 0 atom stereocenters. The summed E-state index contributed by atoms with van der Waals surface area (Å²) in [6.45, 7) is 3.90. The van der Waals surface area contributed by atoms with E-state index in [0.717, 1.165) is 47.9 Å². The number of carboxylic acids is 1. The zero-order valence-electron chi connectivity index (χ0n) is 25.0. The van der Waals surface area contributed by atoms with E-state index < -0.39 is 11.8 Å². The topological polar surface area (TPSA) is 93.4 Å². The fourth-order valence-corrected chi connectivity index (χ4v) is 6.12. The van der Waals surface area contributed by atoms with Gasteiger partial charge in [0, 0.05) is 28.7 Å². The number of rotatable bonds is 9. The Morgan fingerprint density at radius 2 is 1.69 bits per heavy atom. The number of amides is 1. The van der Waals surface area contributed by atoms with E-state index in [0.29, 0.717) is 33.2 Å². The molecule has 0 radical (unpaired) electrons. The lowest BCUT2D eigenvalue weighted by Crippen LogP contribution is -2.30. The maximum atomic E-state index is 15.8. The van der Waals surface area contributed by atoms with E-state index in [2.05, 4.69) is 9.88 Å². The summed E-state index contributed by atoms with van der Waals surface area (Å²) in [6, 6.07) is 22.6. The molecule has 0 saturated heterocycles. The smallest absolute Gasteiger partial charge is 0.335 e. The van der Waals surface area contributed by atoms with E-state index in [-0.39, 0.29) is 30.2 Å². The van der Waals surface area contributed by atoms with Crippen molar-refractivity contribution in [3.05, 3.63) is 106 Å². The number of fused-ring (bicyclic) bond motifs is 1. The quantitative estimate of drug-likeness (QED) is 0.171. The normalized spacial score (nSPS) is 13.4. The lowest BCUT2D eigenvalue weighted by atomic mass is 9.97. The van der Waals surface area contributed by atoms with Gasteiger partial charge >= 0.3 is 5.97 Å². The maximum Gasteiger partial charge on any atom is 0.335 e. The molecule has 230 valence electrons. The highest BCUT2D eigenvalue weighted by molar-refractivity contribution is 6.30. The Kier molecular flexibility index (Phi) is 8.59. The van der Waals surface area contributed by atoms with Gasteiger partial charge in [-0.25, -0.2) is 14.2 Å². The van der Waals surface area contributed by atoms with Crippen LogP contribution in [0, 0.1) is 5.82 Å². The fraction of sp³-hybridized carbons (Fsp3) is 0.250. The third kappa shape index (κ3) is 6.42. The number of imidazole rings is 1. The van der Waals surface area contributed by atoms with Crippen molar-refractivity contribution < 1.29 is 23.8 Å². The van der Waals surface area contributed by atoms with Gasteiger partial charge in [-0.15, -0.1) is 0 Å². The Labute approximate surface area is 265 Å². The first-order chi connectivity index (χ1) is 21.7. The van der Waals surface area contributed by atoms with Crippen molar-refractivity contribution in [3.8, 4) is 28.3 Å². The second kappa shape index (κ2) is 12.7. The Hall–Kier alpha value is -4.69. The van der Waals surface area contributed by atoms with Crippen molar-refractivity contribution in [3.63, 3.8) is 0 Å². The van der Waals surface area contributed by atoms with Gasteiger partial charge in [-0.1, -0.05) is 42.6 Å². The zero-order chi connectivity index (χ0) is 31.7. The number of carbonyl (C=O) groups excluding carboxylic acids is 1. The van der Waals surface area contributed by atoms with Gasteiger partial charge in [0.05, 0.1) is 22.2 Å². The van der Waals surface area contributed by atoms with Gasteiger partial charge in [-0.2, -0.15) is 0 Å². The molecule has 5 aromatic rings. The Bertz CT molecular complexity index is 1900. The first-order valence-corrected chi connectivity index (χ1v) is 15.4. The largest absolute Gasteiger partial charge is 0.489 e. The molecule has 0 spiro atoms. The van der Waals surface area contributed by atoms with E-state index in [1.54, 1.807) is 48.5 Å². The monoisotopic (exact) mass is 625 g/mol. The van der Waals surface area contributed by atoms with Crippen LogP contribution in [0.1, 0.15) is 71.9 Å². The van der Waals surface area contributed by atoms with Crippen molar-refractivity contribution in [1.29, 1.82) is 0 Å². The first-order valence-electron chi connectivity index (χ1n) is 15.1. The number of hydrogen-bond acceptors (Lipinski definition) is 4. The molecule has 9 heteroatoms. The molecule has 1 heterocycles. The van der Waals surface area contributed by atoms with E-state index in [1.807, 2.05) is 32.0 Å². The van der Waals surface area contributed by atoms with Gasteiger partial charge in [0.25, 0.3) is 5.91 Å². The van der Waals surface area contributed by atoms with Crippen LogP contribution in [-0.2, 0) is 6.61 Å². The average molecular weight is 626 g/mol. The molecule has 1 aliphatic rings. The van der Waals surface area contributed by atoms with Crippen LogP contribution in [0.5, 0.6) is 5.75 Å². The predicted molar refractivity (Wildman–Crippen MR) is 173 cm³/mol. The number of nitrogens with zero attached hydrogens (tertiary/aromatic N) is 2. The molecule has 4 aromatic carbocycles. The molecule has 0 bridgehead atoms. The summed E-state index contributed by atoms with van der Waals surface area (Å²) < 4.78 is 24.0. The number of halogens is 2. The van der Waals surface area contributed by atoms with Crippen LogP contribution in [0.2, 0.25) is 5.02 Å². The zero-order valence-corrected chi connectivity index (χ0v) is 25.8. The van der Waals surface area contributed by atoms with E-state index >= 15 is 4.39 Å². The molecule has 0 aliphatic heterocycles. The summed E-state index contributed by atoms with van der Waals surface area (Å²) in [7, 11) is 0. The van der Waals surface area contributed by atoms with E-state index in [4.69, 9.17) is 21.3 Å². The molecule has 1 amide bonds. The van der Waals surface area contributed by atoms with Crippen molar-refractivity contribution >= 4 is 34.5 Å². The van der Waals surface area contributed by atoms with Crippen LogP contribution < -0.4 is 10.1 Å². The first kappa shape index (κ1) is 30.3. The number of benzene rings is 4. The lowest BCUT2D eigenvalue weighted by molar-refractivity contribution is 0.0696. The Balaban J connectivity index is 1.32. The maximum absolute atomic E-state index is 15.8. The number of hydrogen-bond donors (Lipinski definition) is 2. The SMILES string of the molecule is CC(C)NC(=O)c1ccc(-c2ccc(Cl)cc2)c(COc2ccc(-c3nc4cc(C(=O)O)ccc4n3C3CCCC3)c(F)c2)c1. The highest BCUT2D eigenvalue weighted by Gasteiger charge is 2.25. The Morgan fingerprint density at radius 1 is 0.978 bits per heavy atom. The fourth-order valence-electron chi connectivity index (χ4n) is 5.99. The van der Waals surface area contributed by atoms with Crippen molar-refractivity contribution in [1.82, 2.24) is 14.9 Å². The molecule has 7 nitrogen and oxygen atoms in total. The third-order valence-corrected chi connectivity index (χ3v) is 8.40. The van der Waals surface area contributed by atoms with E-state index in [9.17, 15) is 14.7 Å². The van der Waals surface area contributed by atoms with Gasteiger partial charge in [0.2, 0.25) is 0 Å². The summed E-state index contributed by atoms with van der Waals surface area (Å²) in [4.78, 5) is 29.1.